The van der Waals surface area contributed by atoms with Crippen molar-refractivity contribution >= 4 is 101 Å². The molecule has 0 atom stereocenters. The summed E-state index contributed by atoms with van der Waals surface area (Å²) in [4.78, 5) is 5.00. The molecular weight excluding hydrogens is 1170 g/mol. The third-order valence-corrected chi connectivity index (χ3v) is 20.6. The van der Waals surface area contributed by atoms with Crippen molar-refractivity contribution in [1.82, 2.24) is 9.13 Å². The minimum Gasteiger partial charge on any atom is -0.310 e. The molecule has 15 aromatic rings. The van der Waals surface area contributed by atoms with Gasteiger partial charge in [0.05, 0.1) is 55.8 Å². The summed E-state index contributed by atoms with van der Waals surface area (Å²) < 4.78 is 80.3. The molecule has 13 aromatic carbocycles. The van der Waals surface area contributed by atoms with E-state index in [2.05, 4.69) is 313 Å². The van der Waals surface area contributed by atoms with E-state index >= 15 is 0 Å². The zero-order valence-corrected chi connectivity index (χ0v) is 56.8. The van der Waals surface area contributed by atoms with E-state index in [1.165, 1.54) is 0 Å². The Morgan fingerprint density at radius 1 is 0.299 bits per heavy atom. The largest absolute Gasteiger partial charge is 0.310 e. The molecule has 0 N–H and O–H groups in total. The maximum Gasteiger partial charge on any atom is 0.252 e. The van der Waals surface area contributed by atoms with Gasteiger partial charge in [0.1, 0.15) is 0 Å². The van der Waals surface area contributed by atoms with E-state index in [4.69, 9.17) is 2.74 Å². The van der Waals surface area contributed by atoms with Crippen LogP contribution in [0.1, 0.15) is 101 Å². The fourth-order valence-corrected chi connectivity index (χ4v) is 15.6. The molecule has 0 amide bonds. The van der Waals surface area contributed by atoms with Gasteiger partial charge in [-0.25, -0.2) is 0 Å². The number of para-hydroxylation sites is 4. The zero-order chi connectivity index (χ0) is 73.4. The van der Waals surface area contributed by atoms with Gasteiger partial charge in [-0.15, -0.1) is 0 Å². The highest BCUT2D eigenvalue weighted by atomic mass is 15.2. The van der Waals surface area contributed by atoms with Gasteiger partial charge in [-0.2, -0.15) is 0 Å². The van der Waals surface area contributed by atoms with E-state index < -0.39 is 12.1 Å². The molecule has 4 heterocycles. The van der Waals surface area contributed by atoms with Gasteiger partial charge in [0.15, 0.2) is 0 Å². The van der Waals surface area contributed by atoms with Crippen LogP contribution in [-0.2, 0) is 16.2 Å². The summed E-state index contributed by atoms with van der Waals surface area (Å²) in [5.74, 6) is 0. The Kier molecular flexibility index (Phi) is 11.9. The van der Waals surface area contributed by atoms with Gasteiger partial charge in [-0.3, -0.25) is 0 Å². The summed E-state index contributed by atoms with van der Waals surface area (Å²) >= 11 is 0. The third kappa shape index (κ3) is 9.63. The fourth-order valence-electron chi connectivity index (χ4n) is 15.6. The first kappa shape index (κ1) is 51.5. The molecule has 97 heavy (non-hydrogen) atoms. The molecule has 0 bridgehead atoms. The van der Waals surface area contributed by atoms with Crippen molar-refractivity contribution in [1.29, 1.82) is 0 Å². The van der Waals surface area contributed by atoms with Gasteiger partial charge in [-0.05, 0) is 193 Å². The Hall–Kier alpha value is -10.9. The second-order valence-corrected chi connectivity index (χ2v) is 29.6. The first-order chi connectivity index (χ1) is 50.2. The third-order valence-electron chi connectivity index (χ3n) is 20.6. The van der Waals surface area contributed by atoms with Crippen LogP contribution in [-0.4, -0.2) is 15.8 Å². The Balaban J connectivity index is 1.03. The Labute approximate surface area is 582 Å². The number of nitrogens with zero attached hydrogens (tertiary/aromatic N) is 4. The number of hydrogen-bond acceptors (Lipinski definition) is 2. The molecule has 0 radical (unpaired) electrons. The first-order valence-electron chi connectivity index (χ1n) is 37.9. The molecule has 0 saturated carbocycles. The summed E-state index contributed by atoms with van der Waals surface area (Å²) in [6.07, 6.45) is 0. The minimum atomic E-state index is -0.446. The highest BCUT2D eigenvalue weighted by molar-refractivity contribution is 7.00. The summed E-state index contributed by atoms with van der Waals surface area (Å²) in [5, 5.41) is 2.44. The number of aromatic nitrogens is 2. The monoisotopic (exact) mass is 1260 g/mol. The maximum absolute atomic E-state index is 9.91. The van der Waals surface area contributed by atoms with Gasteiger partial charge in [0.25, 0.3) is 6.71 Å². The van der Waals surface area contributed by atoms with Crippen molar-refractivity contribution in [2.24, 2.45) is 0 Å². The highest BCUT2D eigenvalue weighted by Crippen LogP contribution is 2.53. The predicted molar refractivity (Wildman–Crippen MR) is 416 cm³/mol. The normalized spacial score (nSPS) is 14.2. The lowest BCUT2D eigenvalue weighted by Crippen LogP contribution is -2.62. The van der Waals surface area contributed by atoms with Crippen molar-refractivity contribution in [2.75, 3.05) is 9.80 Å². The van der Waals surface area contributed by atoms with Crippen molar-refractivity contribution in [2.45, 2.75) is 92.4 Å². The maximum atomic E-state index is 9.91. The molecule has 0 fully saturated rings. The van der Waals surface area contributed by atoms with Crippen LogP contribution in [0.25, 0.3) is 99.5 Å². The van der Waals surface area contributed by atoms with Crippen LogP contribution in [0.15, 0.2) is 279 Å². The van der Waals surface area contributed by atoms with E-state index in [0.29, 0.717) is 21.8 Å². The van der Waals surface area contributed by atoms with Gasteiger partial charge in [0.2, 0.25) is 0 Å². The topological polar surface area (TPSA) is 16.3 Å². The number of anilines is 6. The standard InChI is InChI=1S/C92H79BN4/c1-58-77(94-81-42-24-20-38-71(81)73-54-66(90(3,4)5)44-48-83(73)94)50-46-75-88(58)96(79-40-22-18-36-69(79)64-34-26-32-62(52-64)60-28-14-12-15-29-60)85-56-68(92(9,10)11)57-86-87(85)93(75)76-47-51-78(95-82-43-25-21-39-72(82)74-55-67(91(6,7)8)45-49-84(74)95)59(2)89(76)97(86)80-41-23-19-37-70(80)65-35-27-33-63(53-65)61-30-16-13-17-31-61/h12-57H,1-11H3/i20D,21D,24D,25D,38D,39D,42D,43D. The van der Waals surface area contributed by atoms with Crippen LogP contribution in [0.3, 0.4) is 0 Å². The lowest BCUT2D eigenvalue weighted by Gasteiger charge is -2.47. The quantitative estimate of drug-likeness (QED) is 0.141. The fraction of sp³-hybridized carbons (Fsp3) is 0.152. The Morgan fingerprint density at radius 2 is 0.680 bits per heavy atom. The predicted octanol–water partition coefficient (Wildman–Crippen LogP) is 23.1. The molecule has 4 nitrogen and oxygen atoms in total. The lowest BCUT2D eigenvalue weighted by atomic mass is 9.33. The van der Waals surface area contributed by atoms with Crippen molar-refractivity contribution in [3.05, 3.63) is 307 Å². The van der Waals surface area contributed by atoms with Crippen LogP contribution in [0.5, 0.6) is 0 Å². The van der Waals surface area contributed by atoms with E-state index in [-0.39, 0.29) is 59.2 Å². The summed E-state index contributed by atoms with van der Waals surface area (Å²) in [6.45, 7) is 23.8. The number of benzene rings is 13. The SMILES string of the molecule is [2H]c1c([2H])c([2H])c2c(c1[2H])c1cc(C(C)(C)C)ccc1n2-c1ccc2c(c1C)N(c1ccccc1-c1cccc(-c3ccccc3)c1)c1cc(C(C)(C)C)cc3c1B2c1ccc(-n2c4ccc(C(C)(C)C)cc4c4c([2H])c([2H])c([2H])c([2H])c42)c(C)c1N3c1ccccc1-c1cccc(-c2ccccc2)c1. The van der Waals surface area contributed by atoms with Crippen LogP contribution in [0.2, 0.25) is 0 Å². The van der Waals surface area contributed by atoms with E-state index in [1.54, 1.807) is 0 Å². The number of fused-ring (bicyclic) bond motifs is 10. The van der Waals surface area contributed by atoms with Crippen molar-refractivity contribution in [3.63, 3.8) is 0 Å². The molecule has 0 saturated heterocycles. The number of rotatable bonds is 8. The summed E-state index contributed by atoms with van der Waals surface area (Å²) in [5.41, 5.74) is 25.2. The average molecular weight is 1260 g/mol. The summed E-state index contributed by atoms with van der Waals surface area (Å²) in [6, 6.07) is 81.0. The van der Waals surface area contributed by atoms with Crippen LogP contribution in [0, 0.1) is 13.8 Å². The molecule has 2 aliphatic rings. The summed E-state index contributed by atoms with van der Waals surface area (Å²) in [7, 11) is 0. The van der Waals surface area contributed by atoms with E-state index in [0.717, 1.165) is 156 Å². The second-order valence-electron chi connectivity index (χ2n) is 29.6. The highest BCUT2D eigenvalue weighted by Gasteiger charge is 2.47. The Bertz CT molecular complexity index is 5830. The van der Waals surface area contributed by atoms with Gasteiger partial charge in [0, 0.05) is 55.4 Å². The molecule has 0 unspecified atom stereocenters. The van der Waals surface area contributed by atoms with Gasteiger partial charge in [-0.1, -0.05) is 256 Å². The number of hydrogen-bond donors (Lipinski definition) is 0. The van der Waals surface area contributed by atoms with Crippen molar-refractivity contribution < 1.29 is 11.0 Å². The smallest absolute Gasteiger partial charge is 0.252 e. The second kappa shape index (κ2) is 22.4. The van der Waals surface area contributed by atoms with Crippen LogP contribution < -0.4 is 26.2 Å². The Morgan fingerprint density at radius 3 is 1.10 bits per heavy atom. The first-order valence-corrected chi connectivity index (χ1v) is 33.9. The minimum absolute atomic E-state index is 0.0830. The lowest BCUT2D eigenvalue weighted by molar-refractivity contribution is 0.590. The van der Waals surface area contributed by atoms with Gasteiger partial charge < -0.3 is 18.9 Å². The van der Waals surface area contributed by atoms with E-state index in [9.17, 15) is 8.22 Å². The molecule has 2 aliphatic heterocycles. The van der Waals surface area contributed by atoms with Crippen LogP contribution >= 0.6 is 0 Å². The zero-order valence-electron chi connectivity index (χ0n) is 64.8. The molecule has 17 rings (SSSR count). The molecule has 0 aliphatic carbocycles. The van der Waals surface area contributed by atoms with Crippen molar-refractivity contribution in [3.8, 4) is 55.9 Å². The van der Waals surface area contributed by atoms with E-state index in [1.807, 2.05) is 12.1 Å². The van der Waals surface area contributed by atoms with Gasteiger partial charge >= 0.3 is 0 Å². The molecule has 0 spiro atoms. The molecular formula is C92H79BN4. The molecule has 2 aromatic heterocycles. The molecule has 5 heteroatoms. The average Bonchev–Trinajstić information content (AvgIpc) is 1.36. The van der Waals surface area contributed by atoms with Crippen LogP contribution in [0.4, 0.5) is 34.1 Å². The molecule has 470 valence electrons.